The Morgan fingerprint density at radius 3 is 2.65 bits per heavy atom. The largest absolute Gasteiger partial charge is 0.379 e. The van der Waals surface area contributed by atoms with Crippen LogP contribution in [0.2, 0.25) is 0 Å². The zero-order valence-corrected chi connectivity index (χ0v) is 10.8. The highest BCUT2D eigenvalue weighted by Crippen LogP contribution is 2.15. The Hall–Kier alpha value is -1.76. The lowest BCUT2D eigenvalue weighted by molar-refractivity contribution is 0.711. The van der Waals surface area contributed by atoms with Gasteiger partial charge in [-0.15, -0.1) is 0 Å². The number of rotatable bonds is 5. The molecule has 0 heterocycles. The Labute approximate surface area is 105 Å². The molecule has 0 bridgehead atoms. The summed E-state index contributed by atoms with van der Waals surface area (Å²) < 4.78 is 0. The molecule has 17 heavy (non-hydrogen) atoms. The van der Waals surface area contributed by atoms with Crippen molar-refractivity contribution in [3.05, 3.63) is 72.5 Å². The van der Waals surface area contributed by atoms with E-state index < -0.39 is 0 Å². The predicted octanol–water partition coefficient (Wildman–Crippen LogP) is 4.05. The highest BCUT2D eigenvalue weighted by atomic mass is 14.9. The summed E-state index contributed by atoms with van der Waals surface area (Å²) in [4.78, 5) is 0. The summed E-state index contributed by atoms with van der Waals surface area (Å²) in [5.74, 6) is 0. The van der Waals surface area contributed by atoms with Crippen LogP contribution in [0, 0.1) is 0 Å². The third kappa shape index (κ3) is 3.95. The molecule has 1 heteroatoms. The van der Waals surface area contributed by atoms with Crippen molar-refractivity contribution in [1.82, 2.24) is 5.32 Å². The summed E-state index contributed by atoms with van der Waals surface area (Å²) in [7, 11) is 0. The van der Waals surface area contributed by atoms with Gasteiger partial charge in [0.25, 0.3) is 0 Å². The van der Waals surface area contributed by atoms with Crippen LogP contribution in [0.4, 0.5) is 0 Å². The van der Waals surface area contributed by atoms with E-state index in [0.717, 1.165) is 17.7 Å². The minimum atomic E-state index is 0.244. The van der Waals surface area contributed by atoms with Gasteiger partial charge in [0.2, 0.25) is 0 Å². The van der Waals surface area contributed by atoms with Crippen LogP contribution >= 0.6 is 0 Å². The van der Waals surface area contributed by atoms with Crippen molar-refractivity contribution in [2.45, 2.75) is 26.3 Å². The van der Waals surface area contributed by atoms with Gasteiger partial charge in [-0.3, -0.25) is 0 Å². The van der Waals surface area contributed by atoms with Gasteiger partial charge in [0, 0.05) is 11.7 Å². The van der Waals surface area contributed by atoms with E-state index in [0.29, 0.717) is 0 Å². The summed E-state index contributed by atoms with van der Waals surface area (Å²) in [5.41, 5.74) is 4.30. The average molecular weight is 227 g/mol. The molecule has 1 rings (SSSR count). The van der Waals surface area contributed by atoms with Crippen molar-refractivity contribution in [1.29, 1.82) is 0 Å². The third-order valence-electron chi connectivity index (χ3n) is 2.82. The number of nitrogens with one attached hydrogen (secondary N) is 1. The second kappa shape index (κ2) is 6.09. The van der Waals surface area contributed by atoms with Gasteiger partial charge in [-0.1, -0.05) is 50.1 Å². The standard InChI is InChI=1S/C16H21N/c1-6-15-8-7-9-16(11-10-15)14(5)17-13(4)12(2)3/h6,8-11,14,17H,1-2,4,7H2,3,5H3/t14-/m0/s1. The van der Waals surface area contributed by atoms with Crippen LogP contribution in [0.5, 0.6) is 0 Å². The molecule has 0 fully saturated rings. The van der Waals surface area contributed by atoms with E-state index in [1.807, 2.05) is 13.0 Å². The molecule has 0 saturated carbocycles. The summed E-state index contributed by atoms with van der Waals surface area (Å²) in [6, 6.07) is 0.244. The molecular formula is C16H21N. The first kappa shape index (κ1) is 13.3. The van der Waals surface area contributed by atoms with E-state index >= 15 is 0 Å². The topological polar surface area (TPSA) is 12.0 Å². The van der Waals surface area contributed by atoms with Crippen molar-refractivity contribution in [3.63, 3.8) is 0 Å². The molecular weight excluding hydrogens is 206 g/mol. The predicted molar refractivity (Wildman–Crippen MR) is 76.7 cm³/mol. The molecule has 1 nitrogen and oxygen atoms in total. The molecule has 0 aromatic heterocycles. The van der Waals surface area contributed by atoms with E-state index in [2.05, 4.69) is 56.3 Å². The highest BCUT2D eigenvalue weighted by Gasteiger charge is 2.07. The minimum Gasteiger partial charge on any atom is -0.379 e. The number of hydrogen-bond donors (Lipinski definition) is 1. The van der Waals surface area contributed by atoms with Crippen LogP contribution in [-0.2, 0) is 0 Å². The maximum absolute atomic E-state index is 3.95. The molecule has 0 aliphatic heterocycles. The molecule has 0 spiro atoms. The zero-order chi connectivity index (χ0) is 12.8. The van der Waals surface area contributed by atoms with E-state index in [1.54, 1.807) is 0 Å². The smallest absolute Gasteiger partial charge is 0.0482 e. The molecule has 0 radical (unpaired) electrons. The molecule has 1 atom stereocenters. The zero-order valence-electron chi connectivity index (χ0n) is 10.8. The summed E-state index contributed by atoms with van der Waals surface area (Å²) in [6.45, 7) is 15.7. The molecule has 0 saturated heterocycles. The molecule has 90 valence electrons. The van der Waals surface area contributed by atoms with Crippen molar-refractivity contribution in [3.8, 4) is 0 Å². The van der Waals surface area contributed by atoms with Crippen LogP contribution < -0.4 is 5.32 Å². The third-order valence-corrected chi connectivity index (χ3v) is 2.82. The number of hydrogen-bond acceptors (Lipinski definition) is 1. The Kier molecular flexibility index (Phi) is 4.77. The normalized spacial score (nSPS) is 16.4. The Morgan fingerprint density at radius 1 is 1.35 bits per heavy atom. The van der Waals surface area contributed by atoms with Gasteiger partial charge in [-0.2, -0.15) is 0 Å². The van der Waals surface area contributed by atoms with E-state index in [4.69, 9.17) is 0 Å². The Balaban J connectivity index is 2.69. The van der Waals surface area contributed by atoms with E-state index in [1.165, 1.54) is 11.1 Å². The lowest BCUT2D eigenvalue weighted by Crippen LogP contribution is -2.26. The molecule has 1 aliphatic carbocycles. The average Bonchev–Trinajstić information content (AvgIpc) is 2.53. The second-order valence-electron chi connectivity index (χ2n) is 4.31. The van der Waals surface area contributed by atoms with Gasteiger partial charge in [0.15, 0.2) is 0 Å². The van der Waals surface area contributed by atoms with Crippen molar-refractivity contribution >= 4 is 0 Å². The molecule has 1 N–H and O–H groups in total. The van der Waals surface area contributed by atoms with Crippen LogP contribution in [0.15, 0.2) is 72.5 Å². The molecule has 0 aromatic rings. The van der Waals surface area contributed by atoms with E-state index in [9.17, 15) is 0 Å². The number of allylic oxidation sites excluding steroid dienone is 6. The monoisotopic (exact) mass is 227 g/mol. The first-order chi connectivity index (χ1) is 8.04. The van der Waals surface area contributed by atoms with Crippen LogP contribution in [0.1, 0.15) is 20.3 Å². The fraction of sp³-hybridized carbons (Fsp3) is 0.250. The first-order valence-corrected chi connectivity index (χ1v) is 5.86. The van der Waals surface area contributed by atoms with Crippen LogP contribution in [0.3, 0.4) is 0 Å². The van der Waals surface area contributed by atoms with E-state index in [-0.39, 0.29) is 6.04 Å². The van der Waals surface area contributed by atoms with Gasteiger partial charge < -0.3 is 5.32 Å². The maximum Gasteiger partial charge on any atom is 0.0482 e. The fourth-order valence-corrected chi connectivity index (χ4v) is 1.60. The van der Waals surface area contributed by atoms with Gasteiger partial charge in [0.05, 0.1) is 0 Å². The molecule has 0 amide bonds. The summed E-state index contributed by atoms with van der Waals surface area (Å²) in [5, 5.41) is 3.35. The van der Waals surface area contributed by atoms with Gasteiger partial charge >= 0.3 is 0 Å². The summed E-state index contributed by atoms with van der Waals surface area (Å²) >= 11 is 0. The Morgan fingerprint density at radius 2 is 2.06 bits per heavy atom. The Bertz CT molecular complexity index is 419. The lowest BCUT2D eigenvalue weighted by Gasteiger charge is -2.18. The fourth-order valence-electron chi connectivity index (χ4n) is 1.60. The second-order valence-corrected chi connectivity index (χ2v) is 4.31. The summed E-state index contributed by atoms with van der Waals surface area (Å²) in [6.07, 6.45) is 11.4. The maximum atomic E-state index is 3.95. The van der Waals surface area contributed by atoms with Crippen LogP contribution in [-0.4, -0.2) is 6.04 Å². The first-order valence-electron chi connectivity index (χ1n) is 5.86. The van der Waals surface area contributed by atoms with Gasteiger partial charge in [-0.25, -0.2) is 0 Å². The minimum absolute atomic E-state index is 0.244. The highest BCUT2D eigenvalue weighted by molar-refractivity contribution is 5.39. The molecule has 0 aromatic carbocycles. The quantitative estimate of drug-likeness (QED) is 0.699. The van der Waals surface area contributed by atoms with Gasteiger partial charge in [-0.05, 0) is 37.0 Å². The van der Waals surface area contributed by atoms with Crippen molar-refractivity contribution in [2.24, 2.45) is 0 Å². The van der Waals surface area contributed by atoms with Crippen molar-refractivity contribution in [2.75, 3.05) is 0 Å². The van der Waals surface area contributed by atoms with Crippen molar-refractivity contribution < 1.29 is 0 Å². The SMILES string of the molecule is C=CC1=CCC=C([C@H](C)NC(=C)C(=C)C)C=C1. The van der Waals surface area contributed by atoms with Crippen LogP contribution in [0.25, 0.3) is 0 Å². The lowest BCUT2D eigenvalue weighted by atomic mass is 10.1. The molecule has 0 unspecified atom stereocenters. The van der Waals surface area contributed by atoms with Gasteiger partial charge in [0.1, 0.15) is 0 Å². The molecule has 1 aliphatic rings.